The fourth-order valence-electron chi connectivity index (χ4n) is 2.67. The first kappa shape index (κ1) is 14.5. The zero-order valence-electron chi connectivity index (χ0n) is 12.8. The maximum Gasteiger partial charge on any atom is 0.109 e. The molecule has 1 aromatic heterocycles. The normalized spacial score (nSPS) is 22.4. The highest BCUT2D eigenvalue weighted by atomic mass is 15.2. The Bertz CT molecular complexity index is 391. The number of rotatable bonds is 3. The molecule has 108 valence electrons. The van der Waals surface area contributed by atoms with E-state index in [1.54, 1.807) is 0 Å². The Kier molecular flexibility index (Phi) is 4.63. The molecule has 1 N–H and O–H groups in total. The molecule has 1 aliphatic rings. The van der Waals surface area contributed by atoms with Gasteiger partial charge in [-0.15, -0.1) is 0 Å². The summed E-state index contributed by atoms with van der Waals surface area (Å²) in [6.45, 7) is 11.6. The van der Waals surface area contributed by atoms with Gasteiger partial charge in [0.2, 0.25) is 0 Å². The predicted molar refractivity (Wildman–Crippen MR) is 79.2 cm³/mol. The Morgan fingerprint density at radius 3 is 2.84 bits per heavy atom. The molecule has 0 spiro atoms. The Labute approximate surface area is 117 Å². The standard InChI is InChI=1S/C15H28N4/c1-15(2,3)13-12-19(9-5-7-16-13)10-6-14-17-8-11-18(14)4/h8,11,13,16H,5-7,9-10,12H2,1-4H3. The molecule has 1 aliphatic heterocycles. The smallest absolute Gasteiger partial charge is 0.109 e. The highest BCUT2D eigenvalue weighted by Crippen LogP contribution is 2.21. The first-order valence-corrected chi connectivity index (χ1v) is 7.39. The third-order valence-electron chi connectivity index (χ3n) is 4.10. The Balaban J connectivity index is 1.90. The van der Waals surface area contributed by atoms with Gasteiger partial charge in [-0.05, 0) is 24.9 Å². The van der Waals surface area contributed by atoms with Gasteiger partial charge >= 0.3 is 0 Å². The molecule has 1 atom stereocenters. The van der Waals surface area contributed by atoms with Gasteiger partial charge in [0.05, 0.1) is 0 Å². The number of hydrogen-bond donors (Lipinski definition) is 1. The number of imidazole rings is 1. The molecule has 0 saturated carbocycles. The second-order valence-corrected chi connectivity index (χ2v) is 6.73. The predicted octanol–water partition coefficient (Wildman–Crippen LogP) is 1.67. The van der Waals surface area contributed by atoms with Crippen LogP contribution in [0.15, 0.2) is 12.4 Å². The molecule has 1 unspecified atom stereocenters. The van der Waals surface area contributed by atoms with Crippen molar-refractivity contribution in [2.75, 3.05) is 26.2 Å². The van der Waals surface area contributed by atoms with Gasteiger partial charge in [0.1, 0.15) is 5.82 Å². The van der Waals surface area contributed by atoms with Crippen LogP contribution >= 0.6 is 0 Å². The molecule has 0 aliphatic carbocycles. The maximum atomic E-state index is 4.41. The molecule has 1 saturated heterocycles. The largest absolute Gasteiger partial charge is 0.338 e. The fraction of sp³-hybridized carbons (Fsp3) is 0.800. The number of aryl methyl sites for hydroxylation is 1. The molecular formula is C15H28N4. The van der Waals surface area contributed by atoms with Gasteiger partial charge < -0.3 is 14.8 Å². The third-order valence-corrected chi connectivity index (χ3v) is 4.10. The van der Waals surface area contributed by atoms with E-state index in [0.29, 0.717) is 11.5 Å². The molecule has 1 fully saturated rings. The summed E-state index contributed by atoms with van der Waals surface area (Å²) in [6.07, 6.45) is 6.20. The van der Waals surface area contributed by atoms with Crippen LogP contribution in [0.3, 0.4) is 0 Å². The average molecular weight is 264 g/mol. The summed E-state index contributed by atoms with van der Waals surface area (Å²) in [4.78, 5) is 7.00. The second-order valence-electron chi connectivity index (χ2n) is 6.73. The molecule has 19 heavy (non-hydrogen) atoms. The third kappa shape index (κ3) is 4.05. The summed E-state index contributed by atoms with van der Waals surface area (Å²) in [7, 11) is 2.07. The molecule has 0 aromatic carbocycles. The fourth-order valence-corrected chi connectivity index (χ4v) is 2.67. The Morgan fingerprint density at radius 2 is 2.21 bits per heavy atom. The van der Waals surface area contributed by atoms with Crippen molar-refractivity contribution < 1.29 is 0 Å². The van der Waals surface area contributed by atoms with Gasteiger partial charge in [-0.25, -0.2) is 4.98 Å². The van der Waals surface area contributed by atoms with Crippen LogP contribution in [0.4, 0.5) is 0 Å². The van der Waals surface area contributed by atoms with Crippen molar-refractivity contribution in [2.45, 2.75) is 39.7 Å². The van der Waals surface area contributed by atoms with Gasteiger partial charge in [0.15, 0.2) is 0 Å². The van der Waals surface area contributed by atoms with E-state index in [1.165, 1.54) is 18.8 Å². The summed E-state index contributed by atoms with van der Waals surface area (Å²) in [6, 6.07) is 0.580. The van der Waals surface area contributed by atoms with Gasteiger partial charge in [-0.3, -0.25) is 0 Å². The van der Waals surface area contributed by atoms with Crippen LogP contribution in [0.2, 0.25) is 0 Å². The van der Waals surface area contributed by atoms with E-state index in [0.717, 1.165) is 26.1 Å². The van der Waals surface area contributed by atoms with E-state index in [4.69, 9.17) is 0 Å². The topological polar surface area (TPSA) is 33.1 Å². The first-order valence-electron chi connectivity index (χ1n) is 7.39. The van der Waals surface area contributed by atoms with E-state index in [9.17, 15) is 0 Å². The number of hydrogen-bond acceptors (Lipinski definition) is 3. The van der Waals surface area contributed by atoms with Crippen molar-refractivity contribution in [2.24, 2.45) is 12.5 Å². The van der Waals surface area contributed by atoms with Crippen LogP contribution in [0, 0.1) is 5.41 Å². The molecule has 0 radical (unpaired) electrons. The van der Waals surface area contributed by atoms with E-state index in [1.807, 2.05) is 12.4 Å². The van der Waals surface area contributed by atoms with Crippen LogP contribution in [0.5, 0.6) is 0 Å². The second kappa shape index (κ2) is 6.06. The van der Waals surface area contributed by atoms with Crippen LogP contribution in [-0.4, -0.2) is 46.7 Å². The number of aromatic nitrogens is 2. The van der Waals surface area contributed by atoms with Crippen molar-refractivity contribution in [1.29, 1.82) is 0 Å². The highest BCUT2D eigenvalue weighted by Gasteiger charge is 2.27. The summed E-state index contributed by atoms with van der Waals surface area (Å²) in [5, 5.41) is 3.69. The van der Waals surface area contributed by atoms with E-state index >= 15 is 0 Å². The quantitative estimate of drug-likeness (QED) is 0.901. The Hall–Kier alpha value is -0.870. The Morgan fingerprint density at radius 1 is 1.42 bits per heavy atom. The lowest BCUT2D eigenvalue weighted by Gasteiger charge is -2.33. The molecule has 2 heterocycles. The summed E-state index contributed by atoms with van der Waals surface area (Å²) in [5.74, 6) is 1.18. The van der Waals surface area contributed by atoms with Crippen molar-refractivity contribution in [3.05, 3.63) is 18.2 Å². The minimum Gasteiger partial charge on any atom is -0.338 e. The van der Waals surface area contributed by atoms with Crippen LogP contribution in [0.25, 0.3) is 0 Å². The monoisotopic (exact) mass is 264 g/mol. The van der Waals surface area contributed by atoms with E-state index in [2.05, 4.69) is 47.6 Å². The SMILES string of the molecule is Cn1ccnc1CCN1CCCNC(C(C)(C)C)C1. The molecule has 0 bridgehead atoms. The molecule has 1 aromatic rings. The summed E-state index contributed by atoms with van der Waals surface area (Å²) in [5.41, 5.74) is 0.325. The lowest BCUT2D eigenvalue weighted by Crippen LogP contribution is -2.46. The van der Waals surface area contributed by atoms with Gasteiger partial charge in [0, 0.05) is 45.0 Å². The van der Waals surface area contributed by atoms with Crippen molar-refractivity contribution >= 4 is 0 Å². The molecule has 4 nitrogen and oxygen atoms in total. The lowest BCUT2D eigenvalue weighted by molar-refractivity contribution is 0.197. The van der Waals surface area contributed by atoms with Gasteiger partial charge in [0.25, 0.3) is 0 Å². The van der Waals surface area contributed by atoms with E-state index < -0.39 is 0 Å². The van der Waals surface area contributed by atoms with Crippen LogP contribution in [0.1, 0.15) is 33.0 Å². The molecule has 0 amide bonds. The van der Waals surface area contributed by atoms with Crippen molar-refractivity contribution in [3.8, 4) is 0 Å². The molecule has 2 rings (SSSR count). The lowest BCUT2D eigenvalue weighted by atomic mass is 9.86. The summed E-state index contributed by atoms with van der Waals surface area (Å²) >= 11 is 0. The first-order chi connectivity index (χ1) is 8.97. The highest BCUT2D eigenvalue weighted by molar-refractivity contribution is 4.93. The number of nitrogens with one attached hydrogen (secondary N) is 1. The zero-order valence-corrected chi connectivity index (χ0v) is 12.8. The van der Waals surface area contributed by atoms with Crippen LogP contribution < -0.4 is 5.32 Å². The van der Waals surface area contributed by atoms with Crippen LogP contribution in [-0.2, 0) is 13.5 Å². The molecule has 4 heteroatoms. The summed E-state index contributed by atoms with van der Waals surface area (Å²) < 4.78 is 2.12. The number of nitrogens with zero attached hydrogens (tertiary/aromatic N) is 3. The average Bonchev–Trinajstić information content (AvgIpc) is 2.61. The maximum absolute atomic E-state index is 4.41. The van der Waals surface area contributed by atoms with Crippen molar-refractivity contribution in [3.63, 3.8) is 0 Å². The van der Waals surface area contributed by atoms with Gasteiger partial charge in [-0.2, -0.15) is 0 Å². The minimum atomic E-state index is 0.325. The van der Waals surface area contributed by atoms with Gasteiger partial charge in [-0.1, -0.05) is 20.8 Å². The minimum absolute atomic E-state index is 0.325. The van der Waals surface area contributed by atoms with E-state index in [-0.39, 0.29) is 0 Å². The molecular weight excluding hydrogens is 236 g/mol. The zero-order chi connectivity index (χ0) is 13.9. The van der Waals surface area contributed by atoms with Crippen molar-refractivity contribution in [1.82, 2.24) is 19.8 Å².